The van der Waals surface area contributed by atoms with E-state index in [1.54, 1.807) is 11.1 Å². The molecule has 11 heteroatoms. The van der Waals surface area contributed by atoms with Gasteiger partial charge in [-0.1, -0.05) is 0 Å². The average molecular weight is 616 g/mol. The maximum Gasteiger partial charge on any atom is 0.410 e. The number of nitriles is 1. The molecule has 2 fully saturated rings. The number of likely N-dealkylation sites (tertiary alicyclic amines) is 2. The number of benzene rings is 1. The van der Waals surface area contributed by atoms with Crippen molar-refractivity contribution in [2.75, 3.05) is 26.7 Å². The van der Waals surface area contributed by atoms with Crippen LogP contribution in [-0.2, 0) is 4.74 Å². The zero-order valence-corrected chi connectivity index (χ0v) is 25.3. The van der Waals surface area contributed by atoms with E-state index in [0.717, 1.165) is 35.9 Å². The number of pyridine rings is 1. The van der Waals surface area contributed by atoms with Crippen molar-refractivity contribution in [1.29, 1.82) is 5.26 Å². The van der Waals surface area contributed by atoms with Crippen molar-refractivity contribution in [3.63, 3.8) is 0 Å². The van der Waals surface area contributed by atoms with Gasteiger partial charge < -0.3 is 19.3 Å². The van der Waals surface area contributed by atoms with Crippen molar-refractivity contribution in [3.8, 4) is 11.9 Å². The number of rotatable bonds is 5. The zero-order chi connectivity index (χ0) is 28.8. The Morgan fingerprint density at radius 3 is 2.70 bits per heavy atom. The van der Waals surface area contributed by atoms with Crippen molar-refractivity contribution < 1.29 is 18.7 Å². The van der Waals surface area contributed by atoms with Crippen molar-refractivity contribution in [1.82, 2.24) is 24.6 Å². The molecule has 5 rings (SSSR count). The number of piperidine rings is 1. The first-order chi connectivity index (χ1) is 19.0. The molecule has 2 aliphatic heterocycles. The van der Waals surface area contributed by atoms with Gasteiger partial charge in [0.1, 0.15) is 17.7 Å². The van der Waals surface area contributed by atoms with Gasteiger partial charge in [0.05, 0.1) is 46.1 Å². The van der Waals surface area contributed by atoms with Crippen LogP contribution in [0.2, 0.25) is 0 Å². The highest BCUT2D eigenvalue weighted by Crippen LogP contribution is 2.39. The second kappa shape index (κ2) is 11.1. The fourth-order valence-electron chi connectivity index (χ4n) is 5.85. The largest absolute Gasteiger partial charge is 0.475 e. The van der Waals surface area contributed by atoms with E-state index < -0.39 is 17.5 Å². The molecule has 214 valence electrons. The molecule has 9 nitrogen and oxygen atoms in total. The van der Waals surface area contributed by atoms with Crippen LogP contribution in [0, 0.1) is 24.1 Å². The number of carbonyl (C=O) groups is 1. The van der Waals surface area contributed by atoms with E-state index in [4.69, 9.17) is 14.6 Å². The van der Waals surface area contributed by atoms with Gasteiger partial charge >= 0.3 is 6.09 Å². The Bertz CT molecular complexity index is 1480. The second-order valence-corrected chi connectivity index (χ2v) is 12.7. The normalized spacial score (nSPS) is 22.1. The lowest BCUT2D eigenvalue weighted by Crippen LogP contribution is -2.48. The van der Waals surface area contributed by atoms with E-state index in [-0.39, 0.29) is 30.1 Å². The number of carbonyl (C=O) groups excluding carboxylic acids is 1. The lowest BCUT2D eigenvalue weighted by molar-refractivity contribution is 0.00565. The molecule has 0 aliphatic carbocycles. The minimum Gasteiger partial charge on any atom is -0.475 e. The van der Waals surface area contributed by atoms with Gasteiger partial charge in [-0.3, -0.25) is 4.68 Å². The Labute approximate surface area is 242 Å². The van der Waals surface area contributed by atoms with E-state index in [0.29, 0.717) is 41.7 Å². The summed E-state index contributed by atoms with van der Waals surface area (Å²) in [4.78, 5) is 21.5. The smallest absolute Gasteiger partial charge is 0.410 e. The molecule has 2 aliphatic rings. The zero-order valence-electron chi connectivity index (χ0n) is 23.7. The van der Waals surface area contributed by atoms with Gasteiger partial charge in [0.2, 0.25) is 5.88 Å². The maximum absolute atomic E-state index is 15.6. The molecule has 0 unspecified atom stereocenters. The van der Waals surface area contributed by atoms with Crippen molar-refractivity contribution >= 4 is 43.8 Å². The number of ether oxygens (including phenoxy) is 2. The molecule has 2 aromatic heterocycles. The predicted octanol–water partition coefficient (Wildman–Crippen LogP) is 6.12. The Balaban J connectivity index is 1.55. The minimum absolute atomic E-state index is 0.110. The van der Waals surface area contributed by atoms with Crippen molar-refractivity contribution in [2.24, 2.45) is 0 Å². The molecule has 0 spiro atoms. The van der Waals surface area contributed by atoms with Gasteiger partial charge in [0.15, 0.2) is 5.82 Å². The van der Waals surface area contributed by atoms with Crippen molar-refractivity contribution in [2.45, 2.75) is 83.5 Å². The monoisotopic (exact) mass is 614 g/mol. The summed E-state index contributed by atoms with van der Waals surface area (Å²) < 4.78 is 29.8. The van der Waals surface area contributed by atoms with Crippen LogP contribution in [-0.4, -0.2) is 75.1 Å². The Hall–Kier alpha value is -2.97. The quantitative estimate of drug-likeness (QED) is 0.341. The van der Waals surface area contributed by atoms with Gasteiger partial charge in [-0.2, -0.15) is 10.4 Å². The minimum atomic E-state index is -0.630. The highest BCUT2D eigenvalue weighted by molar-refractivity contribution is 9.10. The third-order valence-electron chi connectivity index (χ3n) is 7.93. The first-order valence-corrected chi connectivity index (χ1v) is 14.6. The summed E-state index contributed by atoms with van der Waals surface area (Å²) in [7, 11) is 2.09. The standard InChI is InChI=1S/C29H36BrFN6O3/c1-17-13-21-25(24(31)23(17)30)34-27(39-16-20-7-6-11-35(20)5)22-15-33-37(26(21)22)19-9-12-36(18(14-19)8-10-32)28(38)40-29(2,3)4/h13,15,18-20H,6-9,11-12,14,16H2,1-5H3/t18-,19+,20+/m1/s1. The van der Waals surface area contributed by atoms with Crippen LogP contribution in [0.25, 0.3) is 21.8 Å². The third kappa shape index (κ3) is 5.48. The van der Waals surface area contributed by atoms with E-state index in [9.17, 15) is 10.1 Å². The topological polar surface area (TPSA) is 96.5 Å². The van der Waals surface area contributed by atoms with Crippen LogP contribution >= 0.6 is 15.9 Å². The number of nitrogens with zero attached hydrogens (tertiary/aromatic N) is 6. The molecular formula is C29H36BrFN6O3. The van der Waals surface area contributed by atoms with Crippen molar-refractivity contribution in [3.05, 3.63) is 28.1 Å². The van der Waals surface area contributed by atoms with E-state index in [1.165, 1.54) is 0 Å². The molecule has 2 saturated heterocycles. The number of likely N-dealkylation sites (N-methyl/N-ethyl adjacent to an activating group) is 1. The lowest BCUT2D eigenvalue weighted by atomic mass is 9.95. The fraction of sp³-hybridized carbons (Fsp3) is 0.586. The fourth-order valence-corrected chi connectivity index (χ4v) is 6.15. The van der Waals surface area contributed by atoms with E-state index in [1.807, 2.05) is 38.4 Å². The molecule has 3 aromatic rings. The van der Waals surface area contributed by atoms with Gasteiger partial charge in [-0.05, 0) is 94.5 Å². The summed E-state index contributed by atoms with van der Waals surface area (Å²) in [5, 5.41) is 15.7. The van der Waals surface area contributed by atoms with E-state index in [2.05, 4.69) is 38.9 Å². The number of hydrogen-bond donors (Lipinski definition) is 0. The number of aryl methyl sites for hydroxylation is 1. The SMILES string of the molecule is Cc1cc2c(nc(OC[C@@H]3CCCN3C)c3cnn([C@H]4CCN(C(=O)OC(C)(C)C)[C@H](CC#N)C4)c32)c(F)c1Br. The van der Waals surface area contributed by atoms with Gasteiger partial charge in [0.25, 0.3) is 0 Å². The third-order valence-corrected chi connectivity index (χ3v) is 8.90. The molecule has 0 saturated carbocycles. The van der Waals surface area contributed by atoms with Crippen LogP contribution in [0.4, 0.5) is 9.18 Å². The summed E-state index contributed by atoms with van der Waals surface area (Å²) in [5.41, 5.74) is 1.10. The second-order valence-electron chi connectivity index (χ2n) is 11.9. The van der Waals surface area contributed by atoms with E-state index >= 15 is 4.39 Å². The molecular weight excluding hydrogens is 579 g/mol. The highest BCUT2D eigenvalue weighted by atomic mass is 79.9. The first-order valence-electron chi connectivity index (χ1n) is 13.8. The number of hydrogen-bond acceptors (Lipinski definition) is 7. The lowest BCUT2D eigenvalue weighted by Gasteiger charge is -2.39. The summed E-state index contributed by atoms with van der Waals surface area (Å²) in [5.74, 6) is -0.0712. The summed E-state index contributed by atoms with van der Waals surface area (Å²) in [6.45, 7) is 9.25. The van der Waals surface area contributed by atoms with Gasteiger partial charge in [-0.15, -0.1) is 0 Å². The van der Waals surface area contributed by atoms with Crippen LogP contribution in [0.5, 0.6) is 5.88 Å². The molecule has 40 heavy (non-hydrogen) atoms. The number of amides is 1. The molecule has 3 atom stereocenters. The first kappa shape index (κ1) is 28.6. The number of fused-ring (bicyclic) bond motifs is 3. The number of halogens is 2. The molecule has 0 N–H and O–H groups in total. The van der Waals surface area contributed by atoms with Crippen LogP contribution < -0.4 is 4.74 Å². The molecule has 0 bridgehead atoms. The van der Waals surface area contributed by atoms with Crippen LogP contribution in [0.3, 0.4) is 0 Å². The summed E-state index contributed by atoms with van der Waals surface area (Å²) in [6, 6.07) is 3.99. The summed E-state index contributed by atoms with van der Waals surface area (Å²) >= 11 is 3.38. The highest BCUT2D eigenvalue weighted by Gasteiger charge is 2.36. The average Bonchev–Trinajstić information content (AvgIpc) is 3.52. The van der Waals surface area contributed by atoms with Gasteiger partial charge in [0, 0.05) is 18.0 Å². The molecule has 1 amide bonds. The Kier molecular flexibility index (Phi) is 7.94. The number of aromatic nitrogens is 3. The maximum atomic E-state index is 15.6. The molecule has 0 radical (unpaired) electrons. The Morgan fingerprint density at radius 1 is 1.25 bits per heavy atom. The van der Waals surface area contributed by atoms with Gasteiger partial charge in [-0.25, -0.2) is 14.2 Å². The Morgan fingerprint density at radius 2 is 2.02 bits per heavy atom. The molecule has 1 aromatic carbocycles. The summed E-state index contributed by atoms with van der Waals surface area (Å²) in [6.07, 6.45) is 4.81. The molecule has 4 heterocycles. The van der Waals surface area contributed by atoms with Crippen LogP contribution in [0.15, 0.2) is 16.7 Å². The van der Waals surface area contributed by atoms with Crippen LogP contribution in [0.1, 0.15) is 64.5 Å². The predicted molar refractivity (Wildman–Crippen MR) is 154 cm³/mol.